The molecule has 0 spiro atoms. The molecule has 2 aromatic carbocycles. The van der Waals surface area contributed by atoms with E-state index >= 15 is 0 Å². The SMILES string of the molecule is NC1CN(Cc2ccc(F)cc2)c2ccc([N+](=O)[O-])cc21. The first kappa shape index (κ1) is 13.5. The van der Waals surface area contributed by atoms with Gasteiger partial charge >= 0.3 is 0 Å². The fourth-order valence-corrected chi connectivity index (χ4v) is 2.63. The number of nitro groups is 1. The van der Waals surface area contributed by atoms with E-state index in [4.69, 9.17) is 5.73 Å². The van der Waals surface area contributed by atoms with Crippen LogP contribution in [0.5, 0.6) is 0 Å². The smallest absolute Gasteiger partial charge is 0.269 e. The summed E-state index contributed by atoms with van der Waals surface area (Å²) in [7, 11) is 0. The molecule has 3 rings (SSSR count). The van der Waals surface area contributed by atoms with Crippen molar-refractivity contribution >= 4 is 11.4 Å². The molecule has 0 aromatic heterocycles. The highest BCUT2D eigenvalue weighted by atomic mass is 19.1. The Labute approximate surface area is 120 Å². The van der Waals surface area contributed by atoms with Gasteiger partial charge in [-0.25, -0.2) is 4.39 Å². The molecule has 0 saturated carbocycles. The van der Waals surface area contributed by atoms with Crippen molar-refractivity contribution in [1.82, 2.24) is 0 Å². The van der Waals surface area contributed by atoms with Crippen LogP contribution in [0, 0.1) is 15.9 Å². The largest absolute Gasteiger partial charge is 0.365 e. The number of anilines is 1. The third kappa shape index (κ3) is 2.57. The maximum Gasteiger partial charge on any atom is 0.269 e. The molecule has 1 heterocycles. The van der Waals surface area contributed by atoms with E-state index in [2.05, 4.69) is 4.90 Å². The number of nitro benzene ring substituents is 1. The van der Waals surface area contributed by atoms with E-state index in [9.17, 15) is 14.5 Å². The standard InChI is InChI=1S/C15H14FN3O2/c16-11-3-1-10(2-4-11)8-18-9-14(17)13-7-12(19(20)21)5-6-15(13)18/h1-7,14H,8-9,17H2. The Kier molecular flexibility index (Phi) is 3.31. The van der Waals surface area contributed by atoms with Gasteiger partial charge in [0, 0.05) is 42.5 Å². The summed E-state index contributed by atoms with van der Waals surface area (Å²) in [6, 6.07) is 10.8. The normalized spacial score (nSPS) is 16.9. The molecular weight excluding hydrogens is 273 g/mol. The second kappa shape index (κ2) is 5.14. The summed E-state index contributed by atoms with van der Waals surface area (Å²) in [6.45, 7) is 1.19. The van der Waals surface area contributed by atoms with E-state index in [0.29, 0.717) is 13.1 Å². The summed E-state index contributed by atoms with van der Waals surface area (Å²) in [4.78, 5) is 12.5. The molecule has 1 aliphatic rings. The van der Waals surface area contributed by atoms with E-state index in [0.717, 1.165) is 16.8 Å². The zero-order chi connectivity index (χ0) is 15.0. The van der Waals surface area contributed by atoms with Gasteiger partial charge in [-0.15, -0.1) is 0 Å². The van der Waals surface area contributed by atoms with Crippen LogP contribution in [0.4, 0.5) is 15.8 Å². The first-order valence-electron chi connectivity index (χ1n) is 6.58. The Morgan fingerprint density at radius 1 is 1.29 bits per heavy atom. The topological polar surface area (TPSA) is 72.4 Å². The van der Waals surface area contributed by atoms with Crippen molar-refractivity contribution in [1.29, 1.82) is 0 Å². The van der Waals surface area contributed by atoms with Gasteiger partial charge in [0.1, 0.15) is 5.82 Å². The molecule has 2 aromatic rings. The van der Waals surface area contributed by atoms with Gasteiger partial charge < -0.3 is 10.6 Å². The van der Waals surface area contributed by atoms with Crippen LogP contribution in [0.2, 0.25) is 0 Å². The average molecular weight is 287 g/mol. The first-order chi connectivity index (χ1) is 10.0. The van der Waals surface area contributed by atoms with Crippen LogP contribution in [0.15, 0.2) is 42.5 Å². The lowest BCUT2D eigenvalue weighted by Gasteiger charge is -2.19. The van der Waals surface area contributed by atoms with Gasteiger partial charge in [-0.05, 0) is 23.8 Å². The molecule has 0 aliphatic carbocycles. The fraction of sp³-hybridized carbons (Fsp3) is 0.200. The summed E-state index contributed by atoms with van der Waals surface area (Å²) >= 11 is 0. The second-order valence-electron chi connectivity index (χ2n) is 5.11. The molecule has 1 atom stereocenters. The summed E-state index contributed by atoms with van der Waals surface area (Å²) in [5.74, 6) is -0.270. The molecule has 0 saturated heterocycles. The monoisotopic (exact) mass is 287 g/mol. The highest BCUT2D eigenvalue weighted by molar-refractivity contribution is 5.63. The quantitative estimate of drug-likeness (QED) is 0.696. The van der Waals surface area contributed by atoms with Crippen molar-refractivity contribution in [3.63, 3.8) is 0 Å². The fourth-order valence-electron chi connectivity index (χ4n) is 2.63. The first-order valence-corrected chi connectivity index (χ1v) is 6.58. The average Bonchev–Trinajstić information content (AvgIpc) is 2.77. The van der Waals surface area contributed by atoms with Crippen molar-refractivity contribution in [2.45, 2.75) is 12.6 Å². The maximum atomic E-state index is 12.9. The number of nitrogens with zero attached hydrogens (tertiary/aromatic N) is 2. The molecule has 21 heavy (non-hydrogen) atoms. The van der Waals surface area contributed by atoms with Crippen molar-refractivity contribution in [3.8, 4) is 0 Å². The number of hydrogen-bond acceptors (Lipinski definition) is 4. The summed E-state index contributed by atoms with van der Waals surface area (Å²) in [5, 5.41) is 10.8. The summed E-state index contributed by atoms with van der Waals surface area (Å²) < 4.78 is 12.9. The number of non-ortho nitro benzene ring substituents is 1. The molecule has 1 aliphatic heterocycles. The number of halogens is 1. The number of nitrogens with two attached hydrogens (primary N) is 1. The Hall–Kier alpha value is -2.47. The molecule has 1 unspecified atom stereocenters. The minimum Gasteiger partial charge on any atom is -0.365 e. The lowest BCUT2D eigenvalue weighted by atomic mass is 10.1. The highest BCUT2D eigenvalue weighted by Gasteiger charge is 2.27. The second-order valence-corrected chi connectivity index (χ2v) is 5.11. The molecule has 2 N–H and O–H groups in total. The molecule has 0 bridgehead atoms. The minimum absolute atomic E-state index is 0.0489. The number of fused-ring (bicyclic) bond motifs is 1. The molecule has 5 nitrogen and oxygen atoms in total. The number of benzene rings is 2. The van der Waals surface area contributed by atoms with Gasteiger partial charge in [-0.2, -0.15) is 0 Å². The van der Waals surface area contributed by atoms with Gasteiger partial charge in [0.05, 0.1) is 4.92 Å². The maximum absolute atomic E-state index is 12.9. The third-order valence-corrected chi connectivity index (χ3v) is 3.67. The lowest BCUT2D eigenvalue weighted by molar-refractivity contribution is -0.384. The molecule has 108 valence electrons. The van der Waals surface area contributed by atoms with Crippen molar-refractivity contribution < 1.29 is 9.31 Å². The van der Waals surface area contributed by atoms with Crippen LogP contribution in [0.1, 0.15) is 17.2 Å². The Morgan fingerprint density at radius 2 is 2.00 bits per heavy atom. The van der Waals surface area contributed by atoms with Gasteiger partial charge in [-0.1, -0.05) is 12.1 Å². The number of hydrogen-bond donors (Lipinski definition) is 1. The van der Waals surface area contributed by atoms with Crippen LogP contribution in [0.25, 0.3) is 0 Å². The van der Waals surface area contributed by atoms with E-state index < -0.39 is 4.92 Å². The van der Waals surface area contributed by atoms with Crippen LogP contribution in [-0.2, 0) is 6.54 Å². The third-order valence-electron chi connectivity index (χ3n) is 3.67. The van der Waals surface area contributed by atoms with Crippen molar-refractivity contribution in [3.05, 3.63) is 69.5 Å². The van der Waals surface area contributed by atoms with Crippen LogP contribution in [-0.4, -0.2) is 11.5 Å². The van der Waals surface area contributed by atoms with E-state index in [1.807, 2.05) is 0 Å². The van der Waals surface area contributed by atoms with E-state index in [-0.39, 0.29) is 17.5 Å². The predicted octanol–water partition coefficient (Wildman–Crippen LogP) is 2.75. The van der Waals surface area contributed by atoms with Crippen LogP contribution >= 0.6 is 0 Å². The summed E-state index contributed by atoms with van der Waals surface area (Å²) in [6.07, 6.45) is 0. The van der Waals surface area contributed by atoms with Crippen molar-refractivity contribution in [2.24, 2.45) is 5.73 Å². The van der Waals surface area contributed by atoms with Gasteiger partial charge in [-0.3, -0.25) is 10.1 Å². The minimum atomic E-state index is -0.421. The Morgan fingerprint density at radius 3 is 2.67 bits per heavy atom. The van der Waals surface area contributed by atoms with Crippen molar-refractivity contribution in [2.75, 3.05) is 11.4 Å². The molecule has 0 amide bonds. The molecular formula is C15H14FN3O2. The van der Waals surface area contributed by atoms with E-state index in [1.165, 1.54) is 24.3 Å². The van der Waals surface area contributed by atoms with Gasteiger partial charge in [0.2, 0.25) is 0 Å². The molecule has 0 radical (unpaired) electrons. The number of rotatable bonds is 3. The van der Waals surface area contributed by atoms with Gasteiger partial charge in [0.15, 0.2) is 0 Å². The van der Waals surface area contributed by atoms with Gasteiger partial charge in [0.25, 0.3) is 5.69 Å². The molecule has 0 fully saturated rings. The zero-order valence-corrected chi connectivity index (χ0v) is 11.2. The highest BCUT2D eigenvalue weighted by Crippen LogP contribution is 2.36. The Balaban J connectivity index is 1.88. The predicted molar refractivity (Wildman–Crippen MR) is 77.5 cm³/mol. The van der Waals surface area contributed by atoms with Crippen LogP contribution in [0.3, 0.4) is 0 Å². The lowest BCUT2D eigenvalue weighted by Crippen LogP contribution is -2.23. The Bertz CT molecular complexity index is 688. The summed E-state index contributed by atoms with van der Waals surface area (Å²) in [5.41, 5.74) is 8.76. The van der Waals surface area contributed by atoms with Crippen LogP contribution < -0.4 is 10.6 Å². The zero-order valence-electron chi connectivity index (χ0n) is 11.2. The molecule has 6 heteroatoms. The van der Waals surface area contributed by atoms with E-state index in [1.54, 1.807) is 18.2 Å².